The minimum absolute atomic E-state index is 0.0416. The fraction of sp³-hybridized carbons (Fsp3) is 0.250. The first-order valence-corrected chi connectivity index (χ1v) is 8.41. The summed E-state index contributed by atoms with van der Waals surface area (Å²) in [5, 5.41) is 1.78. The molecule has 0 aliphatic rings. The summed E-state index contributed by atoms with van der Waals surface area (Å²) in [4.78, 5) is 3.27. The first-order valence-electron chi connectivity index (χ1n) is 5.99. The molecule has 1 heterocycles. The molecule has 0 aliphatic heterocycles. The van der Waals surface area contributed by atoms with Crippen molar-refractivity contribution < 1.29 is 17.2 Å². The maximum absolute atomic E-state index is 13.7. The number of hydrogen-bond donors (Lipinski definition) is 2. The molecule has 0 bridgehead atoms. The highest BCUT2D eigenvalue weighted by Gasteiger charge is 2.22. The van der Waals surface area contributed by atoms with Crippen molar-refractivity contribution in [3.05, 3.63) is 45.9 Å². The molecule has 2 aromatic rings. The number of nitrogens with one attached hydrogen (secondary N) is 1. The molecule has 0 amide bonds. The van der Waals surface area contributed by atoms with Crippen LogP contribution in [0.2, 0.25) is 0 Å². The van der Waals surface area contributed by atoms with Crippen molar-refractivity contribution in [2.45, 2.75) is 17.9 Å². The lowest BCUT2D eigenvalue weighted by molar-refractivity contribution is 0.481. The second kappa shape index (κ2) is 6.56. The molecule has 0 aliphatic carbocycles. The van der Waals surface area contributed by atoms with E-state index in [1.165, 1.54) is 11.3 Å². The van der Waals surface area contributed by atoms with Crippen molar-refractivity contribution in [1.82, 2.24) is 9.71 Å². The Morgan fingerprint density at radius 2 is 2.10 bits per heavy atom. The van der Waals surface area contributed by atoms with Crippen LogP contribution >= 0.6 is 11.3 Å². The second-order valence-electron chi connectivity index (χ2n) is 4.22. The third kappa shape index (κ3) is 3.82. The zero-order chi connectivity index (χ0) is 15.5. The molecule has 0 spiro atoms. The molecule has 1 aromatic carbocycles. The van der Waals surface area contributed by atoms with Crippen LogP contribution in [0.15, 0.2) is 27.9 Å². The SMILES string of the molecule is NCc1cc(F)c(F)c(S(=O)(=O)NCCc2cscn2)c1. The number of hydrogen-bond acceptors (Lipinski definition) is 5. The predicted octanol–water partition coefficient (Wildman–Crippen LogP) is 1.40. The lowest BCUT2D eigenvalue weighted by Crippen LogP contribution is -2.27. The summed E-state index contributed by atoms with van der Waals surface area (Å²) in [6.07, 6.45) is 0.364. The molecule has 5 nitrogen and oxygen atoms in total. The summed E-state index contributed by atoms with van der Waals surface area (Å²) < 4.78 is 53.3. The van der Waals surface area contributed by atoms with Crippen molar-refractivity contribution in [3.63, 3.8) is 0 Å². The highest BCUT2D eigenvalue weighted by Crippen LogP contribution is 2.19. The molecular formula is C12H13F2N3O2S2. The number of rotatable bonds is 6. The van der Waals surface area contributed by atoms with Crippen molar-refractivity contribution in [1.29, 1.82) is 0 Å². The molecule has 2 rings (SSSR count). The van der Waals surface area contributed by atoms with Gasteiger partial charge in [-0.15, -0.1) is 11.3 Å². The third-order valence-electron chi connectivity index (χ3n) is 2.74. The van der Waals surface area contributed by atoms with Gasteiger partial charge in [-0.2, -0.15) is 0 Å². The van der Waals surface area contributed by atoms with E-state index in [1.807, 2.05) is 0 Å². The maximum Gasteiger partial charge on any atom is 0.243 e. The minimum atomic E-state index is -4.14. The van der Waals surface area contributed by atoms with Crippen LogP contribution in [0, 0.1) is 11.6 Å². The Balaban J connectivity index is 2.17. The largest absolute Gasteiger partial charge is 0.326 e. The van der Waals surface area contributed by atoms with E-state index in [0.717, 1.165) is 17.8 Å². The van der Waals surface area contributed by atoms with E-state index in [1.54, 1.807) is 10.9 Å². The van der Waals surface area contributed by atoms with Gasteiger partial charge in [-0.25, -0.2) is 26.9 Å². The van der Waals surface area contributed by atoms with Crippen LogP contribution in [0.4, 0.5) is 8.78 Å². The van der Waals surface area contributed by atoms with Crippen molar-refractivity contribution >= 4 is 21.4 Å². The lowest BCUT2D eigenvalue weighted by atomic mass is 10.2. The summed E-state index contributed by atoms with van der Waals surface area (Å²) in [5.74, 6) is -2.65. The molecule has 9 heteroatoms. The standard InChI is InChI=1S/C12H13F2N3O2S2/c13-10-3-8(5-15)4-11(12(10)14)21(18,19)17-2-1-9-6-20-7-16-9/h3-4,6-7,17H,1-2,5,15H2. The molecule has 3 N–H and O–H groups in total. The number of halogens is 2. The van der Waals surface area contributed by atoms with Gasteiger partial charge in [0.1, 0.15) is 4.90 Å². The molecule has 1 aromatic heterocycles. The number of benzene rings is 1. The third-order valence-corrected chi connectivity index (χ3v) is 4.83. The Morgan fingerprint density at radius 3 is 2.71 bits per heavy atom. The quantitative estimate of drug-likeness (QED) is 0.837. The molecular weight excluding hydrogens is 320 g/mol. The summed E-state index contributed by atoms with van der Waals surface area (Å²) in [7, 11) is -4.14. The van der Waals surface area contributed by atoms with Crippen LogP contribution in [-0.2, 0) is 23.0 Å². The maximum atomic E-state index is 13.7. The summed E-state index contributed by atoms with van der Waals surface area (Å²) in [5.41, 5.74) is 7.89. The zero-order valence-corrected chi connectivity index (χ0v) is 12.5. The van der Waals surface area contributed by atoms with Gasteiger partial charge in [0.05, 0.1) is 11.2 Å². The van der Waals surface area contributed by atoms with Crippen molar-refractivity contribution in [2.75, 3.05) is 6.54 Å². The van der Waals surface area contributed by atoms with Gasteiger partial charge in [-0.1, -0.05) is 0 Å². The molecule has 114 valence electrons. The number of sulfonamides is 1. The van der Waals surface area contributed by atoms with Crippen LogP contribution < -0.4 is 10.5 Å². The molecule has 0 fully saturated rings. The first-order chi connectivity index (χ1) is 9.94. The monoisotopic (exact) mass is 333 g/mol. The molecule has 0 unspecified atom stereocenters. The van der Waals surface area contributed by atoms with Gasteiger partial charge in [-0.3, -0.25) is 0 Å². The smallest absolute Gasteiger partial charge is 0.243 e. The number of nitrogens with zero attached hydrogens (tertiary/aromatic N) is 1. The van der Waals surface area contributed by atoms with Gasteiger partial charge in [-0.05, 0) is 17.7 Å². The average molecular weight is 333 g/mol. The van der Waals surface area contributed by atoms with Gasteiger partial charge in [0.15, 0.2) is 11.6 Å². The molecule has 0 radical (unpaired) electrons. The predicted molar refractivity (Wildman–Crippen MR) is 75.3 cm³/mol. The highest BCUT2D eigenvalue weighted by atomic mass is 32.2. The van der Waals surface area contributed by atoms with Crippen LogP contribution in [-0.4, -0.2) is 19.9 Å². The highest BCUT2D eigenvalue weighted by molar-refractivity contribution is 7.89. The fourth-order valence-corrected chi connectivity index (χ4v) is 3.44. The van der Waals surface area contributed by atoms with Gasteiger partial charge >= 0.3 is 0 Å². The van der Waals surface area contributed by atoms with Crippen LogP contribution in [0.5, 0.6) is 0 Å². The summed E-state index contributed by atoms with van der Waals surface area (Å²) >= 11 is 1.39. The molecule has 21 heavy (non-hydrogen) atoms. The van der Waals surface area contributed by atoms with E-state index in [2.05, 4.69) is 9.71 Å². The Kier molecular flexibility index (Phi) is 4.99. The lowest BCUT2D eigenvalue weighted by Gasteiger charge is -2.09. The van der Waals surface area contributed by atoms with Crippen molar-refractivity contribution in [2.24, 2.45) is 5.73 Å². The van der Waals surface area contributed by atoms with Gasteiger partial charge in [0.2, 0.25) is 10.0 Å². The number of aromatic nitrogens is 1. The van der Waals surface area contributed by atoms with E-state index in [4.69, 9.17) is 5.73 Å². The summed E-state index contributed by atoms with van der Waals surface area (Å²) in [6.45, 7) is -0.0431. The van der Waals surface area contributed by atoms with E-state index < -0.39 is 26.6 Å². The first kappa shape index (κ1) is 16.0. The van der Waals surface area contributed by atoms with Gasteiger partial charge in [0, 0.05) is 24.9 Å². The normalized spacial score (nSPS) is 11.8. The van der Waals surface area contributed by atoms with Crippen LogP contribution in [0.1, 0.15) is 11.3 Å². The van der Waals surface area contributed by atoms with Crippen LogP contribution in [0.25, 0.3) is 0 Å². The molecule has 0 saturated carbocycles. The van der Waals surface area contributed by atoms with E-state index in [9.17, 15) is 17.2 Å². The number of nitrogens with two attached hydrogens (primary N) is 1. The van der Waals surface area contributed by atoms with E-state index >= 15 is 0 Å². The van der Waals surface area contributed by atoms with Gasteiger partial charge < -0.3 is 5.73 Å². The average Bonchev–Trinajstić information content (AvgIpc) is 2.94. The molecule has 0 atom stereocenters. The zero-order valence-electron chi connectivity index (χ0n) is 10.8. The topological polar surface area (TPSA) is 85.1 Å². The Bertz CT molecular complexity index is 718. The second-order valence-corrected chi connectivity index (χ2v) is 6.68. The molecule has 0 saturated heterocycles. The fourth-order valence-electron chi connectivity index (χ4n) is 1.68. The number of thiazole rings is 1. The van der Waals surface area contributed by atoms with E-state index in [-0.39, 0.29) is 18.7 Å². The van der Waals surface area contributed by atoms with Gasteiger partial charge in [0.25, 0.3) is 0 Å². The van der Waals surface area contributed by atoms with E-state index in [0.29, 0.717) is 6.42 Å². The Morgan fingerprint density at radius 1 is 1.33 bits per heavy atom. The van der Waals surface area contributed by atoms with Crippen LogP contribution in [0.3, 0.4) is 0 Å². The van der Waals surface area contributed by atoms with Crippen molar-refractivity contribution in [3.8, 4) is 0 Å². The Hall–Kier alpha value is -1.42. The Labute approximate surface area is 124 Å². The summed E-state index contributed by atoms with van der Waals surface area (Å²) in [6, 6.07) is 1.91. The minimum Gasteiger partial charge on any atom is -0.326 e.